The van der Waals surface area contributed by atoms with Crippen LogP contribution in [-0.2, 0) is 0 Å². The van der Waals surface area contributed by atoms with Crippen LogP contribution in [0.5, 0.6) is 5.75 Å². The summed E-state index contributed by atoms with van der Waals surface area (Å²) in [7, 11) is 0. The monoisotopic (exact) mass is 305 g/mol. The molecule has 4 rings (SSSR count). The van der Waals surface area contributed by atoms with Crippen molar-refractivity contribution in [3.63, 3.8) is 0 Å². The first-order valence-electron chi connectivity index (χ1n) is 7.08. The lowest BCUT2D eigenvalue weighted by Gasteiger charge is -2.05. The van der Waals surface area contributed by atoms with Gasteiger partial charge in [0, 0.05) is 6.99 Å². The van der Waals surface area contributed by atoms with Gasteiger partial charge in [-0.2, -0.15) is 0 Å². The molecule has 4 N–H and O–H groups in total. The molecule has 0 aliphatic heterocycles. The zero-order valence-electron chi connectivity index (χ0n) is 12.1. The van der Waals surface area contributed by atoms with E-state index >= 15 is 0 Å². The van der Waals surface area contributed by atoms with E-state index in [2.05, 4.69) is 19.9 Å². The number of anilines is 1. The molecule has 6 nitrogen and oxygen atoms in total. The van der Waals surface area contributed by atoms with Crippen LogP contribution in [0.15, 0.2) is 54.7 Å². The Bertz CT molecular complexity index is 982. The molecule has 2 aromatic carbocycles. The lowest BCUT2D eigenvalue weighted by atomic mass is 10.1. The number of rotatable bonds is 2. The second kappa shape index (κ2) is 5.10. The molecule has 0 radical (unpaired) electrons. The van der Waals surface area contributed by atoms with Crippen molar-refractivity contribution < 1.29 is 6.53 Å². The molecule has 4 aromatic rings. The summed E-state index contributed by atoms with van der Waals surface area (Å²) < 4.78 is 0. The number of aromatic hydroxyl groups is 1. The van der Waals surface area contributed by atoms with Crippen LogP contribution in [0, 0.1) is 0 Å². The predicted molar refractivity (Wildman–Crippen MR) is 90.7 cm³/mol. The van der Waals surface area contributed by atoms with E-state index in [9.17, 15) is 5.11 Å². The van der Waals surface area contributed by atoms with Crippen LogP contribution in [0.3, 0.4) is 0 Å². The number of nitrogens with zero attached hydrogens (tertiary/aromatic N) is 3. The highest BCUT2D eigenvalue weighted by atomic mass is 16.3. The number of nitrogen functional groups attached to an aromatic ring is 1. The van der Waals surface area contributed by atoms with Gasteiger partial charge in [-0.05, 0) is 24.3 Å². The van der Waals surface area contributed by atoms with Crippen molar-refractivity contribution in [3.8, 4) is 28.5 Å². The Morgan fingerprint density at radius 2 is 1.91 bits per heavy atom. The molecule has 0 unspecified atom stereocenters. The van der Waals surface area contributed by atoms with E-state index in [1.165, 1.54) is 0 Å². The summed E-state index contributed by atoms with van der Waals surface area (Å²) in [5.74, 6) is 1.04. The molecular weight excluding hydrogens is 290 g/mol. The molecule has 0 saturated heterocycles. The summed E-state index contributed by atoms with van der Waals surface area (Å²) in [6, 6.07) is 14.5. The Kier molecular flexibility index (Phi) is 2.94. The topological polar surface area (TPSA) is 101 Å². The standard InChI is InChI=1S/C17H13N5O.H2/c18-16-15(17-21-12-6-1-2-7-13(12)22-17)20-14(9-19-16)10-4-3-5-11(23)8-10;/h1-9,23H,(H2,18,19)(H,21,22);1H. The van der Waals surface area contributed by atoms with Gasteiger partial charge in [-0.3, -0.25) is 0 Å². The van der Waals surface area contributed by atoms with Gasteiger partial charge in [0.25, 0.3) is 0 Å². The highest BCUT2D eigenvalue weighted by Crippen LogP contribution is 2.27. The van der Waals surface area contributed by atoms with Gasteiger partial charge >= 0.3 is 0 Å². The van der Waals surface area contributed by atoms with Crippen molar-refractivity contribution >= 4 is 16.9 Å². The van der Waals surface area contributed by atoms with E-state index in [1.54, 1.807) is 24.4 Å². The summed E-state index contributed by atoms with van der Waals surface area (Å²) >= 11 is 0. The van der Waals surface area contributed by atoms with Gasteiger partial charge in [0.2, 0.25) is 0 Å². The van der Waals surface area contributed by atoms with Crippen LogP contribution < -0.4 is 5.73 Å². The SMILES string of the molecule is Nc1ncc(-c2cccc(O)c2)nc1-c1nc2ccccc2[nH]1.[HH]. The Labute approximate surface area is 133 Å². The number of phenolic OH excluding ortho intramolecular Hbond substituents is 1. The smallest absolute Gasteiger partial charge is 0.161 e. The second-order valence-corrected chi connectivity index (χ2v) is 5.14. The Hall–Kier alpha value is -3.41. The maximum atomic E-state index is 9.62. The average molecular weight is 305 g/mol. The number of nitrogens with two attached hydrogens (primary N) is 1. The molecule has 23 heavy (non-hydrogen) atoms. The first-order valence-corrected chi connectivity index (χ1v) is 7.08. The molecule has 0 spiro atoms. The Morgan fingerprint density at radius 1 is 1.04 bits per heavy atom. The third kappa shape index (κ3) is 2.36. The van der Waals surface area contributed by atoms with Gasteiger partial charge in [-0.1, -0.05) is 24.3 Å². The number of hydrogen-bond donors (Lipinski definition) is 3. The minimum Gasteiger partial charge on any atom is -0.508 e. The van der Waals surface area contributed by atoms with E-state index in [0.717, 1.165) is 16.6 Å². The molecule has 0 fully saturated rings. The van der Waals surface area contributed by atoms with E-state index in [0.29, 0.717) is 23.0 Å². The number of fused-ring (bicyclic) bond motifs is 1. The number of para-hydroxylation sites is 2. The van der Waals surface area contributed by atoms with Crippen molar-refractivity contribution in [1.82, 2.24) is 19.9 Å². The maximum absolute atomic E-state index is 9.62. The number of H-pyrrole nitrogens is 1. The molecular formula is C17H15N5O. The zero-order valence-corrected chi connectivity index (χ0v) is 12.1. The van der Waals surface area contributed by atoms with Crippen LogP contribution in [0.25, 0.3) is 33.8 Å². The fourth-order valence-corrected chi connectivity index (χ4v) is 2.44. The highest BCUT2D eigenvalue weighted by Gasteiger charge is 2.13. The largest absolute Gasteiger partial charge is 0.508 e. The fourth-order valence-electron chi connectivity index (χ4n) is 2.44. The number of imidazole rings is 1. The number of nitrogens with one attached hydrogen (secondary N) is 1. The lowest BCUT2D eigenvalue weighted by molar-refractivity contribution is 0.475. The van der Waals surface area contributed by atoms with Crippen molar-refractivity contribution in [2.75, 3.05) is 5.73 Å². The summed E-state index contributed by atoms with van der Waals surface area (Å²) in [4.78, 5) is 16.5. The first-order chi connectivity index (χ1) is 11.2. The number of benzene rings is 2. The molecule has 2 aromatic heterocycles. The van der Waals surface area contributed by atoms with Gasteiger partial charge in [0.15, 0.2) is 11.6 Å². The number of aromatic nitrogens is 4. The maximum Gasteiger partial charge on any atom is 0.161 e. The Balaban J connectivity index is 0.00000169. The molecule has 0 saturated carbocycles. The predicted octanol–water partition coefficient (Wildman–Crippen LogP) is 3.22. The van der Waals surface area contributed by atoms with Crippen molar-refractivity contribution in [2.45, 2.75) is 0 Å². The lowest BCUT2D eigenvalue weighted by Crippen LogP contribution is -1.99. The van der Waals surface area contributed by atoms with Gasteiger partial charge in [-0.25, -0.2) is 15.0 Å². The third-order valence-electron chi connectivity index (χ3n) is 3.56. The van der Waals surface area contributed by atoms with Crippen molar-refractivity contribution in [2.24, 2.45) is 0 Å². The van der Waals surface area contributed by atoms with Gasteiger partial charge in [0.05, 0.1) is 22.9 Å². The van der Waals surface area contributed by atoms with E-state index in [-0.39, 0.29) is 7.18 Å². The number of aromatic amines is 1. The summed E-state index contributed by atoms with van der Waals surface area (Å²) in [5.41, 5.74) is 9.58. The van der Waals surface area contributed by atoms with Crippen molar-refractivity contribution in [3.05, 3.63) is 54.7 Å². The van der Waals surface area contributed by atoms with E-state index < -0.39 is 0 Å². The fraction of sp³-hybridized carbons (Fsp3) is 0. The molecule has 114 valence electrons. The van der Waals surface area contributed by atoms with Crippen LogP contribution in [-0.4, -0.2) is 25.0 Å². The van der Waals surface area contributed by atoms with Gasteiger partial charge < -0.3 is 15.8 Å². The molecule has 6 heteroatoms. The quantitative estimate of drug-likeness (QED) is 0.528. The third-order valence-corrected chi connectivity index (χ3v) is 3.56. The first kappa shape index (κ1) is 13.3. The van der Waals surface area contributed by atoms with Gasteiger partial charge in [-0.15, -0.1) is 0 Å². The summed E-state index contributed by atoms with van der Waals surface area (Å²) in [5, 5.41) is 9.62. The van der Waals surface area contributed by atoms with Crippen LogP contribution >= 0.6 is 0 Å². The molecule has 0 atom stereocenters. The number of hydrogen-bond acceptors (Lipinski definition) is 5. The Morgan fingerprint density at radius 3 is 2.74 bits per heavy atom. The van der Waals surface area contributed by atoms with E-state index in [1.807, 2.05) is 30.3 Å². The molecule has 0 aliphatic carbocycles. The number of phenols is 1. The van der Waals surface area contributed by atoms with Crippen LogP contribution in [0.1, 0.15) is 1.43 Å². The van der Waals surface area contributed by atoms with Crippen LogP contribution in [0.2, 0.25) is 0 Å². The minimum atomic E-state index is 0. The molecule has 0 bridgehead atoms. The highest BCUT2D eigenvalue weighted by molar-refractivity contribution is 5.81. The average Bonchev–Trinajstić information content (AvgIpc) is 2.99. The molecule has 0 aliphatic rings. The van der Waals surface area contributed by atoms with E-state index in [4.69, 9.17) is 5.73 Å². The summed E-state index contributed by atoms with van der Waals surface area (Å²) in [6.45, 7) is 0. The van der Waals surface area contributed by atoms with Crippen LogP contribution in [0.4, 0.5) is 5.82 Å². The zero-order chi connectivity index (χ0) is 15.8. The molecule has 0 amide bonds. The van der Waals surface area contributed by atoms with Crippen molar-refractivity contribution in [1.29, 1.82) is 0 Å². The normalized spacial score (nSPS) is 11.0. The summed E-state index contributed by atoms with van der Waals surface area (Å²) in [6.07, 6.45) is 1.58. The second-order valence-electron chi connectivity index (χ2n) is 5.14. The van der Waals surface area contributed by atoms with Gasteiger partial charge in [0.1, 0.15) is 11.4 Å². The minimum absolute atomic E-state index is 0. The molecule has 2 heterocycles.